The Hall–Kier alpha value is -1.06. The molecule has 0 radical (unpaired) electrons. The van der Waals surface area contributed by atoms with E-state index in [1.165, 1.54) is 5.56 Å². The van der Waals surface area contributed by atoms with E-state index >= 15 is 0 Å². The highest BCUT2D eigenvalue weighted by atomic mass is 16.3. The summed E-state index contributed by atoms with van der Waals surface area (Å²) in [6, 6.07) is 6.73. The number of fused-ring (bicyclic) bond motifs is 1. The van der Waals surface area contributed by atoms with Crippen molar-refractivity contribution in [3.63, 3.8) is 0 Å². The zero-order valence-electron chi connectivity index (χ0n) is 10.6. The first-order valence-electron chi connectivity index (χ1n) is 6.99. The van der Waals surface area contributed by atoms with Crippen molar-refractivity contribution in [2.24, 2.45) is 0 Å². The van der Waals surface area contributed by atoms with E-state index in [0.717, 1.165) is 44.1 Å². The predicted octanol–water partition coefficient (Wildman–Crippen LogP) is 2.27. The maximum Gasteiger partial charge on any atom is 0.119 e. The van der Waals surface area contributed by atoms with Crippen LogP contribution in [0.3, 0.4) is 0 Å². The first-order chi connectivity index (χ1) is 8.74. The molecular weight excluding hydrogens is 226 g/mol. The van der Waals surface area contributed by atoms with Crippen LogP contribution < -0.4 is 5.32 Å². The molecule has 18 heavy (non-hydrogen) atoms. The van der Waals surface area contributed by atoms with Gasteiger partial charge in [-0.2, -0.15) is 0 Å². The first-order valence-corrected chi connectivity index (χ1v) is 6.99. The molecule has 0 heterocycles. The van der Waals surface area contributed by atoms with E-state index in [9.17, 15) is 10.2 Å². The van der Waals surface area contributed by atoms with Crippen LogP contribution in [-0.4, -0.2) is 22.4 Å². The summed E-state index contributed by atoms with van der Waals surface area (Å²) in [5, 5.41) is 23.0. The lowest BCUT2D eigenvalue weighted by Gasteiger charge is -2.29. The van der Waals surface area contributed by atoms with Crippen LogP contribution in [0.25, 0.3) is 0 Å². The topological polar surface area (TPSA) is 52.5 Å². The highest BCUT2D eigenvalue weighted by Gasteiger charge is 2.28. The Labute approximate surface area is 108 Å². The second kappa shape index (κ2) is 4.90. The molecule has 0 saturated heterocycles. The molecule has 2 aliphatic rings. The van der Waals surface area contributed by atoms with Gasteiger partial charge >= 0.3 is 0 Å². The van der Waals surface area contributed by atoms with Crippen LogP contribution in [0.1, 0.15) is 49.3 Å². The maximum atomic E-state index is 9.83. The molecule has 3 heteroatoms. The minimum absolute atomic E-state index is 0.0945. The molecule has 1 saturated carbocycles. The average Bonchev–Trinajstić information content (AvgIpc) is 2.77. The van der Waals surface area contributed by atoms with Crippen molar-refractivity contribution in [2.75, 3.05) is 0 Å². The Bertz CT molecular complexity index is 425. The smallest absolute Gasteiger partial charge is 0.119 e. The molecule has 1 atom stereocenters. The number of phenols is 1. The van der Waals surface area contributed by atoms with E-state index in [2.05, 4.69) is 11.4 Å². The lowest BCUT2D eigenvalue weighted by molar-refractivity contribution is 0.114. The Morgan fingerprint density at radius 3 is 2.61 bits per heavy atom. The largest absolute Gasteiger partial charge is 0.508 e. The van der Waals surface area contributed by atoms with Gasteiger partial charge in [0.05, 0.1) is 6.10 Å². The Kier molecular flexibility index (Phi) is 3.27. The fourth-order valence-electron chi connectivity index (χ4n) is 3.34. The molecular formula is C15H21NO2. The fraction of sp³-hybridized carbons (Fsp3) is 0.600. The van der Waals surface area contributed by atoms with Crippen LogP contribution in [-0.2, 0) is 6.42 Å². The number of phenolic OH excluding ortho intramolecular Hbond substituents is 1. The van der Waals surface area contributed by atoms with Crippen molar-refractivity contribution in [1.29, 1.82) is 0 Å². The summed E-state index contributed by atoms with van der Waals surface area (Å²) >= 11 is 0. The van der Waals surface area contributed by atoms with Crippen LogP contribution in [0, 0.1) is 0 Å². The molecule has 1 unspecified atom stereocenters. The number of aliphatic hydroxyl groups excluding tert-OH is 1. The fourth-order valence-corrected chi connectivity index (χ4v) is 3.34. The van der Waals surface area contributed by atoms with E-state index in [0.29, 0.717) is 17.8 Å². The third-order valence-electron chi connectivity index (χ3n) is 4.38. The standard InChI is InChI=1S/C15H21NO2/c17-11-6-4-10(5-7-11)16-14-9-8-13-12(14)2-1-3-15(13)18/h1-3,10-11,14,16-18H,4-9H2. The molecule has 0 amide bonds. The zero-order valence-corrected chi connectivity index (χ0v) is 10.6. The Balaban J connectivity index is 1.68. The quantitative estimate of drug-likeness (QED) is 0.751. The molecule has 0 spiro atoms. The van der Waals surface area contributed by atoms with E-state index in [-0.39, 0.29) is 6.10 Å². The molecule has 98 valence electrons. The SMILES string of the molecule is Oc1cccc2c1CCC2NC1CCC(O)CC1. The number of aliphatic hydroxyl groups is 1. The average molecular weight is 247 g/mol. The molecule has 1 aromatic rings. The molecule has 2 aliphatic carbocycles. The van der Waals surface area contributed by atoms with Crippen molar-refractivity contribution in [2.45, 2.75) is 56.7 Å². The number of aromatic hydroxyl groups is 1. The van der Waals surface area contributed by atoms with Crippen molar-refractivity contribution in [3.8, 4) is 5.75 Å². The van der Waals surface area contributed by atoms with Crippen LogP contribution in [0.2, 0.25) is 0 Å². The van der Waals surface area contributed by atoms with Gasteiger partial charge in [-0.05, 0) is 55.7 Å². The summed E-state index contributed by atoms with van der Waals surface area (Å²) in [7, 11) is 0. The lowest BCUT2D eigenvalue weighted by Crippen LogP contribution is -2.36. The third-order valence-corrected chi connectivity index (χ3v) is 4.38. The van der Waals surface area contributed by atoms with Crippen molar-refractivity contribution >= 4 is 0 Å². The molecule has 0 aliphatic heterocycles. The molecule has 1 fully saturated rings. The minimum atomic E-state index is -0.0945. The number of rotatable bonds is 2. The number of hydrogen-bond donors (Lipinski definition) is 3. The van der Waals surface area contributed by atoms with Gasteiger partial charge in [0.2, 0.25) is 0 Å². The first kappa shape index (κ1) is 12.0. The minimum Gasteiger partial charge on any atom is -0.508 e. The van der Waals surface area contributed by atoms with Crippen LogP contribution >= 0.6 is 0 Å². The Morgan fingerprint density at radius 1 is 1.06 bits per heavy atom. The highest BCUT2D eigenvalue weighted by Crippen LogP contribution is 2.37. The lowest BCUT2D eigenvalue weighted by atomic mass is 9.92. The van der Waals surface area contributed by atoms with E-state index < -0.39 is 0 Å². The van der Waals surface area contributed by atoms with Crippen LogP contribution in [0.5, 0.6) is 5.75 Å². The predicted molar refractivity (Wildman–Crippen MR) is 70.6 cm³/mol. The Morgan fingerprint density at radius 2 is 1.83 bits per heavy atom. The van der Waals surface area contributed by atoms with Gasteiger partial charge in [0.25, 0.3) is 0 Å². The molecule has 3 nitrogen and oxygen atoms in total. The van der Waals surface area contributed by atoms with Crippen LogP contribution in [0.15, 0.2) is 18.2 Å². The van der Waals surface area contributed by atoms with Crippen molar-refractivity contribution < 1.29 is 10.2 Å². The molecule has 1 aromatic carbocycles. The summed E-state index contributed by atoms with van der Waals surface area (Å²) in [6.45, 7) is 0. The van der Waals surface area contributed by atoms with Gasteiger partial charge < -0.3 is 15.5 Å². The second-order valence-corrected chi connectivity index (χ2v) is 5.61. The van der Waals surface area contributed by atoms with Gasteiger partial charge in [-0.1, -0.05) is 12.1 Å². The molecule has 0 aromatic heterocycles. The molecule has 0 bridgehead atoms. The number of hydrogen-bond acceptors (Lipinski definition) is 3. The summed E-state index contributed by atoms with van der Waals surface area (Å²) < 4.78 is 0. The third kappa shape index (κ3) is 2.25. The van der Waals surface area contributed by atoms with Gasteiger partial charge in [-0.15, -0.1) is 0 Å². The number of benzene rings is 1. The molecule has 3 rings (SSSR count). The van der Waals surface area contributed by atoms with Gasteiger partial charge in [-0.3, -0.25) is 0 Å². The van der Waals surface area contributed by atoms with E-state index in [4.69, 9.17) is 0 Å². The van der Waals surface area contributed by atoms with Crippen molar-refractivity contribution in [3.05, 3.63) is 29.3 Å². The summed E-state index contributed by atoms with van der Waals surface area (Å²) in [5.74, 6) is 0.441. The summed E-state index contributed by atoms with van der Waals surface area (Å²) in [5.41, 5.74) is 2.38. The zero-order chi connectivity index (χ0) is 12.5. The van der Waals surface area contributed by atoms with Crippen molar-refractivity contribution in [1.82, 2.24) is 5.32 Å². The summed E-state index contributed by atoms with van der Waals surface area (Å²) in [4.78, 5) is 0. The van der Waals surface area contributed by atoms with Crippen LogP contribution in [0.4, 0.5) is 0 Å². The maximum absolute atomic E-state index is 9.83. The van der Waals surface area contributed by atoms with Gasteiger partial charge in [0.1, 0.15) is 5.75 Å². The van der Waals surface area contributed by atoms with E-state index in [1.807, 2.05) is 6.07 Å². The van der Waals surface area contributed by atoms with E-state index in [1.54, 1.807) is 6.07 Å². The second-order valence-electron chi connectivity index (χ2n) is 5.61. The highest BCUT2D eigenvalue weighted by molar-refractivity contribution is 5.44. The monoisotopic (exact) mass is 247 g/mol. The number of nitrogens with one attached hydrogen (secondary N) is 1. The molecule has 3 N–H and O–H groups in total. The normalized spacial score (nSPS) is 31.3. The van der Waals surface area contributed by atoms with Gasteiger partial charge in [0.15, 0.2) is 0 Å². The summed E-state index contributed by atoms with van der Waals surface area (Å²) in [6.07, 6.45) is 5.90. The van der Waals surface area contributed by atoms with Gasteiger partial charge in [0, 0.05) is 12.1 Å². The van der Waals surface area contributed by atoms with Gasteiger partial charge in [-0.25, -0.2) is 0 Å².